The third-order valence-corrected chi connectivity index (χ3v) is 6.71. The predicted octanol–water partition coefficient (Wildman–Crippen LogP) is 4.58. The summed E-state index contributed by atoms with van der Waals surface area (Å²) in [5.41, 5.74) is 5.22. The van der Waals surface area contributed by atoms with Gasteiger partial charge >= 0.3 is 5.97 Å². The molecule has 9 heteroatoms. The number of nitrogens with one attached hydrogen (secondary N) is 1. The molecule has 1 atom stereocenters. The lowest BCUT2D eigenvalue weighted by atomic mass is 9.98. The van der Waals surface area contributed by atoms with Crippen molar-refractivity contribution in [2.45, 2.75) is 25.3 Å². The Balaban J connectivity index is 1.48. The zero-order valence-corrected chi connectivity index (χ0v) is 19.8. The van der Waals surface area contributed by atoms with Gasteiger partial charge in [-0.25, -0.2) is 4.98 Å². The summed E-state index contributed by atoms with van der Waals surface area (Å²) in [6.07, 6.45) is 2.59. The molecule has 8 nitrogen and oxygen atoms in total. The highest BCUT2D eigenvalue weighted by Gasteiger charge is 2.32. The number of para-hydroxylation sites is 1. The van der Waals surface area contributed by atoms with Gasteiger partial charge in [-0.05, 0) is 48.4 Å². The van der Waals surface area contributed by atoms with Crippen molar-refractivity contribution in [3.63, 3.8) is 0 Å². The average molecular weight is 480 g/mol. The fourth-order valence-corrected chi connectivity index (χ4v) is 5.00. The first kappa shape index (κ1) is 22.4. The second kappa shape index (κ2) is 9.12. The topological polar surface area (TPSA) is 90.8 Å². The van der Waals surface area contributed by atoms with Crippen LogP contribution in [0.1, 0.15) is 29.0 Å². The summed E-state index contributed by atoms with van der Waals surface area (Å²) in [6.45, 7) is 2.37. The molecule has 2 aliphatic rings. The number of aromatic nitrogens is 2. The number of carboxylic acids is 1. The van der Waals surface area contributed by atoms with E-state index in [4.69, 9.17) is 21.3 Å². The van der Waals surface area contributed by atoms with E-state index in [-0.39, 0.29) is 12.3 Å². The summed E-state index contributed by atoms with van der Waals surface area (Å²) in [4.78, 5) is 24.8. The number of rotatable bonds is 6. The Morgan fingerprint density at radius 1 is 1.29 bits per heavy atom. The summed E-state index contributed by atoms with van der Waals surface area (Å²) < 4.78 is 5.64. The van der Waals surface area contributed by atoms with Crippen molar-refractivity contribution in [2.75, 3.05) is 37.5 Å². The van der Waals surface area contributed by atoms with Gasteiger partial charge in [0.1, 0.15) is 10.8 Å². The van der Waals surface area contributed by atoms with Crippen LogP contribution in [0.4, 0.5) is 23.1 Å². The quantitative estimate of drug-likeness (QED) is 0.531. The van der Waals surface area contributed by atoms with E-state index < -0.39 is 5.97 Å². The fraction of sp³-hybridized carbons (Fsp3) is 0.320. The van der Waals surface area contributed by atoms with Crippen LogP contribution in [0.5, 0.6) is 5.75 Å². The number of benzene rings is 2. The van der Waals surface area contributed by atoms with Crippen molar-refractivity contribution in [1.29, 1.82) is 0 Å². The van der Waals surface area contributed by atoms with Crippen molar-refractivity contribution in [3.05, 3.63) is 64.3 Å². The Labute approximate surface area is 203 Å². The highest BCUT2D eigenvalue weighted by Crippen LogP contribution is 2.44. The molecule has 0 radical (unpaired) electrons. The predicted molar refractivity (Wildman–Crippen MR) is 132 cm³/mol. The minimum absolute atomic E-state index is 0.0437. The molecule has 2 aromatic carbocycles. The van der Waals surface area contributed by atoms with Crippen LogP contribution < -0.4 is 15.0 Å². The largest absolute Gasteiger partial charge is 0.495 e. The third-order valence-electron chi connectivity index (χ3n) is 6.44. The minimum Gasteiger partial charge on any atom is -0.495 e. The lowest BCUT2D eigenvalue weighted by molar-refractivity contribution is -0.137. The van der Waals surface area contributed by atoms with Crippen LogP contribution in [0, 0.1) is 0 Å². The van der Waals surface area contributed by atoms with Crippen molar-refractivity contribution in [1.82, 2.24) is 14.9 Å². The summed E-state index contributed by atoms with van der Waals surface area (Å²) >= 11 is 6.53. The van der Waals surface area contributed by atoms with Gasteiger partial charge in [0.25, 0.3) is 0 Å². The highest BCUT2D eigenvalue weighted by atomic mass is 35.5. The van der Waals surface area contributed by atoms with Gasteiger partial charge in [-0.15, -0.1) is 0 Å². The number of anilines is 4. The molecule has 0 fully saturated rings. The highest BCUT2D eigenvalue weighted by molar-refractivity contribution is 6.33. The zero-order chi connectivity index (χ0) is 23.8. The molecule has 5 rings (SSSR count). The Bertz CT molecular complexity index is 1250. The van der Waals surface area contributed by atoms with Crippen LogP contribution in [-0.4, -0.2) is 53.2 Å². The number of carbonyl (C=O) groups is 1. The number of halogens is 1. The van der Waals surface area contributed by atoms with Crippen LogP contribution in [0.2, 0.25) is 5.02 Å². The molecular weight excluding hydrogens is 454 g/mol. The number of nitrogens with zero attached hydrogens (tertiary/aromatic N) is 4. The number of hydrogen-bond acceptors (Lipinski definition) is 7. The third kappa shape index (κ3) is 4.26. The van der Waals surface area contributed by atoms with Crippen molar-refractivity contribution in [3.8, 4) is 5.75 Å². The van der Waals surface area contributed by atoms with E-state index in [0.717, 1.165) is 42.2 Å². The number of fused-ring (bicyclic) bond motifs is 2. The molecule has 3 heterocycles. The minimum atomic E-state index is -0.831. The van der Waals surface area contributed by atoms with Gasteiger partial charge in [0.2, 0.25) is 5.95 Å². The van der Waals surface area contributed by atoms with Crippen LogP contribution in [-0.2, 0) is 17.8 Å². The van der Waals surface area contributed by atoms with Gasteiger partial charge in [0, 0.05) is 31.2 Å². The fourth-order valence-electron chi connectivity index (χ4n) is 4.80. The normalized spacial score (nSPS) is 17.3. The summed E-state index contributed by atoms with van der Waals surface area (Å²) in [5, 5.41) is 13.1. The number of likely N-dealkylation sites (N-methyl/N-ethyl adjacent to an activating group) is 1. The van der Waals surface area contributed by atoms with Gasteiger partial charge in [0.15, 0.2) is 5.82 Å². The lowest BCUT2D eigenvalue weighted by Crippen LogP contribution is -2.26. The summed E-state index contributed by atoms with van der Waals surface area (Å²) in [6, 6.07) is 12.0. The Hall–Kier alpha value is -3.36. The summed E-state index contributed by atoms with van der Waals surface area (Å²) in [5.74, 6) is 0.686. The second-order valence-corrected chi connectivity index (χ2v) is 9.17. The molecule has 0 amide bonds. The molecule has 1 unspecified atom stereocenters. The molecule has 2 N–H and O–H groups in total. The molecule has 0 saturated heterocycles. The molecular formula is C25H26ClN5O3. The maximum atomic E-state index is 11.4. The van der Waals surface area contributed by atoms with E-state index in [1.165, 1.54) is 11.1 Å². The van der Waals surface area contributed by atoms with Crippen molar-refractivity contribution >= 4 is 40.7 Å². The van der Waals surface area contributed by atoms with Gasteiger partial charge in [-0.1, -0.05) is 29.8 Å². The molecule has 34 heavy (non-hydrogen) atoms. The number of aliphatic carboxylic acids is 1. The van der Waals surface area contributed by atoms with Crippen LogP contribution >= 0.6 is 11.6 Å². The number of hydrogen-bond donors (Lipinski definition) is 2. The molecule has 0 saturated carbocycles. The molecule has 176 valence electrons. The molecule has 1 aromatic heterocycles. The van der Waals surface area contributed by atoms with E-state index in [0.29, 0.717) is 23.3 Å². The number of methoxy groups -OCH3 is 1. The smallest absolute Gasteiger partial charge is 0.304 e. The van der Waals surface area contributed by atoms with E-state index in [9.17, 15) is 9.90 Å². The van der Waals surface area contributed by atoms with Gasteiger partial charge in [-0.2, -0.15) is 4.98 Å². The monoisotopic (exact) mass is 479 g/mol. The molecule has 3 aromatic rings. The first-order valence-corrected chi connectivity index (χ1v) is 11.6. The van der Waals surface area contributed by atoms with Gasteiger partial charge in [-0.3, -0.25) is 4.79 Å². The molecule has 0 aliphatic carbocycles. The standard InChI is InChI=1S/C25H26ClN5O3/c1-30-8-7-15-10-22(34-2)20(9-16(15)13-30)28-25-27-12-19(26)24(29-25)31-14-17(11-23(32)33)18-5-3-4-6-21(18)31/h3-6,9-10,12,17H,7-8,11,13-14H2,1-2H3,(H,32,33)(H,27,28,29). The Kier molecular flexibility index (Phi) is 6.02. The molecule has 0 bridgehead atoms. The SMILES string of the molecule is COc1cc2c(cc1Nc1ncc(Cl)c(N3CC(CC(=O)O)c4ccccc43)n1)CN(C)CC2. The Morgan fingerprint density at radius 2 is 2.12 bits per heavy atom. The zero-order valence-electron chi connectivity index (χ0n) is 19.1. The summed E-state index contributed by atoms with van der Waals surface area (Å²) in [7, 11) is 3.76. The maximum Gasteiger partial charge on any atom is 0.304 e. The molecule has 0 spiro atoms. The lowest BCUT2D eigenvalue weighted by Gasteiger charge is -2.26. The first-order valence-electron chi connectivity index (χ1n) is 11.2. The van der Waals surface area contributed by atoms with Gasteiger partial charge < -0.3 is 25.0 Å². The van der Waals surface area contributed by atoms with Crippen molar-refractivity contribution < 1.29 is 14.6 Å². The van der Waals surface area contributed by atoms with E-state index in [2.05, 4.69) is 34.4 Å². The Morgan fingerprint density at radius 3 is 2.91 bits per heavy atom. The van der Waals surface area contributed by atoms with E-state index in [1.54, 1.807) is 13.3 Å². The van der Waals surface area contributed by atoms with E-state index in [1.807, 2.05) is 29.2 Å². The first-order chi connectivity index (χ1) is 16.4. The van der Waals surface area contributed by atoms with Crippen LogP contribution in [0.15, 0.2) is 42.6 Å². The van der Waals surface area contributed by atoms with Crippen LogP contribution in [0.25, 0.3) is 0 Å². The van der Waals surface area contributed by atoms with Crippen LogP contribution in [0.3, 0.4) is 0 Å². The van der Waals surface area contributed by atoms with Crippen molar-refractivity contribution in [2.24, 2.45) is 0 Å². The number of ether oxygens (including phenoxy) is 1. The average Bonchev–Trinajstić information content (AvgIpc) is 3.17. The number of carboxylic acid groups (broad SMARTS) is 1. The molecule has 2 aliphatic heterocycles. The maximum absolute atomic E-state index is 11.4. The second-order valence-electron chi connectivity index (χ2n) is 8.76. The van der Waals surface area contributed by atoms with Gasteiger partial charge in [0.05, 0.1) is 25.4 Å². The van der Waals surface area contributed by atoms with E-state index >= 15 is 0 Å².